The van der Waals surface area contributed by atoms with Gasteiger partial charge in [0.2, 0.25) is 5.91 Å². The zero-order valence-electron chi connectivity index (χ0n) is 15.9. The number of nitrogens with one attached hydrogen (secondary N) is 1. The number of amides is 1. The van der Waals surface area contributed by atoms with Crippen molar-refractivity contribution in [2.45, 2.75) is 26.2 Å². The first-order valence-electron chi connectivity index (χ1n) is 9.77. The Hall–Kier alpha value is -2.47. The molecule has 0 bridgehead atoms. The Morgan fingerprint density at radius 1 is 1.22 bits per heavy atom. The molecule has 6 nitrogen and oxygen atoms in total. The van der Waals surface area contributed by atoms with E-state index in [2.05, 4.69) is 20.4 Å². The van der Waals surface area contributed by atoms with Gasteiger partial charge in [-0.3, -0.25) is 4.79 Å². The van der Waals surface area contributed by atoms with Crippen LogP contribution in [0.25, 0.3) is 11.3 Å². The van der Waals surface area contributed by atoms with Crippen molar-refractivity contribution in [3.63, 3.8) is 0 Å². The van der Waals surface area contributed by atoms with E-state index in [-0.39, 0.29) is 11.8 Å². The molecular formula is C21H28N4O2. The molecule has 1 saturated heterocycles. The minimum atomic E-state index is 0.00134. The van der Waals surface area contributed by atoms with Crippen molar-refractivity contribution in [1.82, 2.24) is 15.5 Å². The first-order valence-corrected chi connectivity index (χ1v) is 9.77. The highest BCUT2D eigenvalue weighted by molar-refractivity contribution is 5.79. The van der Waals surface area contributed by atoms with Crippen molar-refractivity contribution < 1.29 is 9.53 Å². The average molecular weight is 368 g/mol. The van der Waals surface area contributed by atoms with Gasteiger partial charge in [0.15, 0.2) is 5.82 Å². The zero-order valence-corrected chi connectivity index (χ0v) is 15.9. The third-order valence-corrected chi connectivity index (χ3v) is 4.81. The summed E-state index contributed by atoms with van der Waals surface area (Å²) in [5.41, 5.74) is 1.92. The maximum absolute atomic E-state index is 12.4. The van der Waals surface area contributed by atoms with Crippen LogP contribution in [0.1, 0.15) is 26.2 Å². The summed E-state index contributed by atoms with van der Waals surface area (Å²) in [4.78, 5) is 14.6. The number of hydrogen-bond donors (Lipinski definition) is 1. The molecule has 1 aromatic heterocycles. The van der Waals surface area contributed by atoms with Crippen LogP contribution < -0.4 is 10.2 Å². The summed E-state index contributed by atoms with van der Waals surface area (Å²) in [6.07, 6.45) is 2.75. The van der Waals surface area contributed by atoms with Gasteiger partial charge in [0.05, 0.1) is 11.6 Å². The Bertz CT molecular complexity index is 706. The molecule has 0 aliphatic carbocycles. The summed E-state index contributed by atoms with van der Waals surface area (Å²) in [6, 6.07) is 14.0. The molecule has 0 saturated carbocycles. The van der Waals surface area contributed by atoms with Gasteiger partial charge < -0.3 is 15.0 Å². The van der Waals surface area contributed by atoms with Crippen LogP contribution in [0, 0.1) is 5.92 Å². The van der Waals surface area contributed by atoms with Gasteiger partial charge in [-0.15, -0.1) is 10.2 Å². The van der Waals surface area contributed by atoms with Gasteiger partial charge in [0.25, 0.3) is 0 Å². The first-order chi connectivity index (χ1) is 13.3. The Balaban J connectivity index is 1.54. The van der Waals surface area contributed by atoms with Crippen LogP contribution in [0.2, 0.25) is 0 Å². The third kappa shape index (κ3) is 5.50. The summed E-state index contributed by atoms with van der Waals surface area (Å²) < 4.78 is 5.30. The Labute approximate surface area is 160 Å². The van der Waals surface area contributed by atoms with Crippen molar-refractivity contribution in [2.24, 2.45) is 5.92 Å². The quantitative estimate of drug-likeness (QED) is 0.726. The minimum Gasteiger partial charge on any atom is -0.382 e. The van der Waals surface area contributed by atoms with Crippen LogP contribution in [0.5, 0.6) is 0 Å². The molecule has 0 radical (unpaired) electrons. The van der Waals surface area contributed by atoms with Gasteiger partial charge in [-0.05, 0) is 38.3 Å². The zero-order chi connectivity index (χ0) is 18.9. The second kappa shape index (κ2) is 10.0. The molecule has 2 heterocycles. The van der Waals surface area contributed by atoms with Gasteiger partial charge in [-0.2, -0.15) is 0 Å². The minimum absolute atomic E-state index is 0.00134. The summed E-state index contributed by atoms with van der Waals surface area (Å²) in [7, 11) is 0. The highest BCUT2D eigenvalue weighted by Gasteiger charge is 2.26. The van der Waals surface area contributed by atoms with Gasteiger partial charge in [-0.1, -0.05) is 30.3 Å². The molecule has 27 heavy (non-hydrogen) atoms. The molecule has 1 atom stereocenters. The maximum atomic E-state index is 12.4. The monoisotopic (exact) mass is 368 g/mol. The lowest BCUT2D eigenvalue weighted by Gasteiger charge is -2.32. The van der Waals surface area contributed by atoms with E-state index in [0.29, 0.717) is 19.7 Å². The molecule has 6 heteroatoms. The summed E-state index contributed by atoms with van der Waals surface area (Å²) in [5, 5.41) is 11.8. The van der Waals surface area contributed by atoms with E-state index >= 15 is 0 Å². The number of benzene rings is 1. The summed E-state index contributed by atoms with van der Waals surface area (Å²) >= 11 is 0. The lowest BCUT2D eigenvalue weighted by molar-refractivity contribution is -0.125. The number of rotatable bonds is 8. The van der Waals surface area contributed by atoms with Crippen LogP contribution in [0.4, 0.5) is 5.82 Å². The normalized spacial score (nSPS) is 16.9. The predicted octanol–water partition coefficient (Wildman–Crippen LogP) is 2.90. The Kier molecular flexibility index (Phi) is 7.16. The van der Waals surface area contributed by atoms with Gasteiger partial charge in [0, 0.05) is 38.4 Å². The standard InChI is InChI=1S/C21H28N4O2/c1-2-27-15-7-13-22-21(26)18-10-6-14-25(16-18)20-12-11-19(23-24-20)17-8-4-3-5-9-17/h3-5,8-9,11-12,18H,2,6-7,10,13-16H2,1H3,(H,22,26)/t18-/m0/s1. The first kappa shape index (κ1) is 19.3. The molecule has 0 unspecified atom stereocenters. The Morgan fingerprint density at radius 3 is 2.81 bits per heavy atom. The summed E-state index contributed by atoms with van der Waals surface area (Å²) in [6.45, 7) is 5.65. The van der Waals surface area contributed by atoms with Crippen molar-refractivity contribution in [3.8, 4) is 11.3 Å². The van der Waals surface area contributed by atoms with E-state index in [1.807, 2.05) is 49.4 Å². The van der Waals surface area contributed by atoms with Gasteiger partial charge in [0.1, 0.15) is 0 Å². The highest BCUT2D eigenvalue weighted by Crippen LogP contribution is 2.23. The smallest absolute Gasteiger partial charge is 0.224 e. The summed E-state index contributed by atoms with van der Waals surface area (Å²) in [5.74, 6) is 0.968. The van der Waals surface area contributed by atoms with Crippen LogP contribution in [-0.2, 0) is 9.53 Å². The van der Waals surface area contributed by atoms with E-state index in [4.69, 9.17) is 4.74 Å². The molecule has 2 aromatic rings. The third-order valence-electron chi connectivity index (χ3n) is 4.81. The van der Waals surface area contributed by atoms with Crippen molar-refractivity contribution in [1.29, 1.82) is 0 Å². The fourth-order valence-electron chi connectivity index (χ4n) is 3.33. The largest absolute Gasteiger partial charge is 0.382 e. The van der Waals surface area contributed by atoms with Crippen molar-refractivity contribution in [2.75, 3.05) is 37.7 Å². The number of hydrogen-bond acceptors (Lipinski definition) is 5. The van der Waals surface area contributed by atoms with Crippen molar-refractivity contribution in [3.05, 3.63) is 42.5 Å². The molecule has 1 N–H and O–H groups in total. The van der Waals surface area contributed by atoms with E-state index < -0.39 is 0 Å². The lowest BCUT2D eigenvalue weighted by Crippen LogP contribution is -2.43. The van der Waals surface area contributed by atoms with E-state index in [0.717, 1.165) is 49.5 Å². The second-order valence-electron chi connectivity index (χ2n) is 6.77. The number of aromatic nitrogens is 2. The maximum Gasteiger partial charge on any atom is 0.224 e. The number of nitrogens with zero attached hydrogens (tertiary/aromatic N) is 3. The fourth-order valence-corrected chi connectivity index (χ4v) is 3.33. The average Bonchev–Trinajstić information content (AvgIpc) is 2.74. The molecule has 0 spiro atoms. The molecular weight excluding hydrogens is 340 g/mol. The number of anilines is 1. The number of piperidine rings is 1. The van der Waals surface area contributed by atoms with Crippen LogP contribution >= 0.6 is 0 Å². The van der Waals surface area contributed by atoms with Crippen LogP contribution in [-0.4, -0.2) is 49.0 Å². The second-order valence-corrected chi connectivity index (χ2v) is 6.77. The molecule has 1 amide bonds. The predicted molar refractivity (Wildman–Crippen MR) is 107 cm³/mol. The molecule has 1 aliphatic rings. The molecule has 1 aliphatic heterocycles. The molecule has 3 rings (SSSR count). The van der Waals surface area contributed by atoms with Crippen LogP contribution in [0.15, 0.2) is 42.5 Å². The van der Waals surface area contributed by atoms with E-state index in [9.17, 15) is 4.79 Å². The van der Waals surface area contributed by atoms with Gasteiger partial charge >= 0.3 is 0 Å². The number of ether oxygens (including phenoxy) is 1. The van der Waals surface area contributed by atoms with Crippen LogP contribution in [0.3, 0.4) is 0 Å². The fraction of sp³-hybridized carbons (Fsp3) is 0.476. The van der Waals surface area contributed by atoms with Gasteiger partial charge in [-0.25, -0.2) is 0 Å². The molecule has 1 fully saturated rings. The van der Waals surface area contributed by atoms with Crippen molar-refractivity contribution >= 4 is 11.7 Å². The topological polar surface area (TPSA) is 67.3 Å². The highest BCUT2D eigenvalue weighted by atomic mass is 16.5. The number of carbonyl (C=O) groups excluding carboxylic acids is 1. The molecule has 144 valence electrons. The lowest BCUT2D eigenvalue weighted by atomic mass is 9.97. The van der Waals surface area contributed by atoms with E-state index in [1.54, 1.807) is 0 Å². The SMILES string of the molecule is CCOCCCNC(=O)[C@H]1CCCN(c2ccc(-c3ccccc3)nn2)C1. The number of carbonyl (C=O) groups is 1. The Morgan fingerprint density at radius 2 is 2.07 bits per heavy atom. The van der Waals surface area contributed by atoms with E-state index in [1.165, 1.54) is 0 Å². The molecule has 1 aromatic carbocycles.